The zero-order chi connectivity index (χ0) is 7.94. The largest absolute Gasteiger partial charge is 0.358 e. The SMILES string of the molecule is O=CNCCc1cc[c]cc1. The van der Waals surface area contributed by atoms with Crippen LogP contribution in [0.15, 0.2) is 24.3 Å². The van der Waals surface area contributed by atoms with Crippen molar-refractivity contribution in [3.8, 4) is 0 Å². The lowest BCUT2D eigenvalue weighted by atomic mass is 10.2. The second-order valence-corrected chi connectivity index (χ2v) is 2.23. The minimum atomic E-state index is 0.702. The molecule has 0 aromatic heterocycles. The lowest BCUT2D eigenvalue weighted by molar-refractivity contribution is -0.109. The van der Waals surface area contributed by atoms with Crippen molar-refractivity contribution in [2.24, 2.45) is 0 Å². The van der Waals surface area contributed by atoms with Crippen LogP contribution in [0.5, 0.6) is 0 Å². The second-order valence-electron chi connectivity index (χ2n) is 2.23. The van der Waals surface area contributed by atoms with Gasteiger partial charge in [0.2, 0.25) is 6.41 Å². The van der Waals surface area contributed by atoms with E-state index in [1.54, 1.807) is 0 Å². The summed E-state index contributed by atoms with van der Waals surface area (Å²) in [6.45, 7) is 0.702. The molecule has 0 aliphatic heterocycles. The molecule has 0 bridgehead atoms. The Labute approximate surface area is 66.2 Å². The zero-order valence-corrected chi connectivity index (χ0v) is 6.21. The Kier molecular flexibility index (Phi) is 3.19. The van der Waals surface area contributed by atoms with E-state index in [2.05, 4.69) is 11.4 Å². The lowest BCUT2D eigenvalue weighted by Gasteiger charge is -1.97. The van der Waals surface area contributed by atoms with Gasteiger partial charge in [0.05, 0.1) is 0 Å². The van der Waals surface area contributed by atoms with Crippen molar-refractivity contribution in [1.82, 2.24) is 5.32 Å². The summed E-state index contributed by atoms with van der Waals surface area (Å²) < 4.78 is 0. The van der Waals surface area contributed by atoms with E-state index in [1.807, 2.05) is 24.3 Å². The second kappa shape index (κ2) is 4.50. The number of benzene rings is 1. The molecule has 2 heteroatoms. The van der Waals surface area contributed by atoms with Crippen LogP contribution in [0.3, 0.4) is 0 Å². The first kappa shape index (κ1) is 7.79. The summed E-state index contributed by atoms with van der Waals surface area (Å²) in [5.74, 6) is 0. The van der Waals surface area contributed by atoms with Gasteiger partial charge in [-0.3, -0.25) is 4.79 Å². The van der Waals surface area contributed by atoms with Gasteiger partial charge >= 0.3 is 0 Å². The van der Waals surface area contributed by atoms with Gasteiger partial charge in [0.1, 0.15) is 0 Å². The average molecular weight is 148 g/mol. The van der Waals surface area contributed by atoms with Crippen molar-refractivity contribution in [2.75, 3.05) is 6.54 Å². The molecule has 11 heavy (non-hydrogen) atoms. The summed E-state index contributed by atoms with van der Waals surface area (Å²) in [7, 11) is 0. The number of nitrogens with one attached hydrogen (secondary N) is 1. The Balaban J connectivity index is 2.33. The van der Waals surface area contributed by atoms with Gasteiger partial charge in [-0.05, 0) is 18.1 Å². The summed E-state index contributed by atoms with van der Waals surface area (Å²) >= 11 is 0. The highest BCUT2D eigenvalue weighted by molar-refractivity contribution is 5.45. The van der Waals surface area contributed by atoms with Gasteiger partial charge in [0.25, 0.3) is 0 Å². The van der Waals surface area contributed by atoms with Crippen molar-refractivity contribution in [3.05, 3.63) is 35.9 Å². The van der Waals surface area contributed by atoms with E-state index in [4.69, 9.17) is 0 Å². The molecule has 1 aromatic carbocycles. The maximum absolute atomic E-state index is 9.88. The van der Waals surface area contributed by atoms with Crippen LogP contribution in [0.4, 0.5) is 0 Å². The third-order valence-electron chi connectivity index (χ3n) is 1.43. The van der Waals surface area contributed by atoms with Crippen LogP contribution in [0.25, 0.3) is 0 Å². The van der Waals surface area contributed by atoms with E-state index in [0.29, 0.717) is 6.54 Å². The van der Waals surface area contributed by atoms with E-state index < -0.39 is 0 Å². The summed E-state index contributed by atoms with van der Waals surface area (Å²) in [4.78, 5) is 9.88. The van der Waals surface area contributed by atoms with Crippen LogP contribution in [0.2, 0.25) is 0 Å². The molecule has 2 nitrogen and oxygen atoms in total. The number of carbonyl (C=O) groups is 1. The zero-order valence-electron chi connectivity index (χ0n) is 6.21. The number of hydrogen-bond acceptors (Lipinski definition) is 1. The number of amides is 1. The third-order valence-corrected chi connectivity index (χ3v) is 1.43. The molecule has 0 saturated heterocycles. The van der Waals surface area contributed by atoms with E-state index in [-0.39, 0.29) is 0 Å². The molecule has 1 N–H and O–H groups in total. The Morgan fingerprint density at radius 3 is 2.82 bits per heavy atom. The molecule has 0 atom stereocenters. The Morgan fingerprint density at radius 1 is 1.45 bits per heavy atom. The molecule has 1 amide bonds. The smallest absolute Gasteiger partial charge is 0.207 e. The maximum atomic E-state index is 9.88. The molecule has 0 spiro atoms. The fraction of sp³-hybridized carbons (Fsp3) is 0.222. The van der Waals surface area contributed by atoms with Crippen molar-refractivity contribution in [1.29, 1.82) is 0 Å². The molecule has 0 heterocycles. The minimum Gasteiger partial charge on any atom is -0.358 e. The van der Waals surface area contributed by atoms with Crippen LogP contribution in [0, 0.1) is 6.07 Å². The molecule has 57 valence electrons. The van der Waals surface area contributed by atoms with Gasteiger partial charge in [-0.25, -0.2) is 0 Å². The molecule has 1 aromatic rings. The van der Waals surface area contributed by atoms with Crippen LogP contribution < -0.4 is 5.32 Å². The average Bonchev–Trinajstić information content (AvgIpc) is 2.07. The van der Waals surface area contributed by atoms with E-state index >= 15 is 0 Å². The Morgan fingerprint density at radius 2 is 2.18 bits per heavy atom. The normalized spacial score (nSPS) is 9.09. The molecular weight excluding hydrogens is 138 g/mol. The molecule has 0 saturated carbocycles. The monoisotopic (exact) mass is 148 g/mol. The first-order chi connectivity index (χ1) is 5.43. The molecule has 0 fully saturated rings. The Hall–Kier alpha value is -1.31. The lowest BCUT2D eigenvalue weighted by Crippen LogP contribution is -2.14. The predicted molar refractivity (Wildman–Crippen MR) is 43.0 cm³/mol. The van der Waals surface area contributed by atoms with Gasteiger partial charge in [-0.15, -0.1) is 0 Å². The molecule has 0 unspecified atom stereocenters. The summed E-state index contributed by atoms with van der Waals surface area (Å²) in [6.07, 6.45) is 1.60. The standard InChI is InChI=1S/C9H10NO/c11-8-10-7-6-9-4-2-1-3-5-9/h2-5,8H,6-7H2,(H,10,11). The summed E-state index contributed by atoms with van der Waals surface area (Å²) in [6, 6.07) is 10.7. The highest BCUT2D eigenvalue weighted by atomic mass is 16.1. The fourth-order valence-electron chi connectivity index (χ4n) is 0.864. The first-order valence-corrected chi connectivity index (χ1v) is 3.55. The topological polar surface area (TPSA) is 29.1 Å². The molecule has 1 rings (SSSR count). The molecular formula is C9H10NO. The van der Waals surface area contributed by atoms with Crippen LogP contribution in [0.1, 0.15) is 5.56 Å². The molecule has 1 radical (unpaired) electrons. The summed E-state index contributed by atoms with van der Waals surface area (Å²) in [5.41, 5.74) is 1.22. The van der Waals surface area contributed by atoms with Crippen molar-refractivity contribution >= 4 is 6.41 Å². The van der Waals surface area contributed by atoms with Crippen LogP contribution >= 0.6 is 0 Å². The molecule has 0 aliphatic rings. The van der Waals surface area contributed by atoms with Crippen LogP contribution in [-0.4, -0.2) is 13.0 Å². The third kappa shape index (κ3) is 2.85. The fourth-order valence-corrected chi connectivity index (χ4v) is 0.864. The van der Waals surface area contributed by atoms with Crippen molar-refractivity contribution in [2.45, 2.75) is 6.42 Å². The highest BCUT2D eigenvalue weighted by Crippen LogP contribution is 1.96. The number of rotatable bonds is 4. The molecule has 0 aliphatic carbocycles. The quantitative estimate of drug-likeness (QED) is 0.496. The van der Waals surface area contributed by atoms with Gasteiger partial charge in [0, 0.05) is 6.54 Å². The van der Waals surface area contributed by atoms with Crippen molar-refractivity contribution in [3.63, 3.8) is 0 Å². The first-order valence-electron chi connectivity index (χ1n) is 3.55. The maximum Gasteiger partial charge on any atom is 0.207 e. The van der Waals surface area contributed by atoms with Gasteiger partial charge < -0.3 is 5.32 Å². The van der Waals surface area contributed by atoms with Crippen LogP contribution in [-0.2, 0) is 11.2 Å². The van der Waals surface area contributed by atoms with E-state index in [0.717, 1.165) is 12.8 Å². The summed E-state index contributed by atoms with van der Waals surface area (Å²) in [5, 5.41) is 2.61. The minimum absolute atomic E-state index is 0.702. The van der Waals surface area contributed by atoms with Gasteiger partial charge in [-0.1, -0.05) is 24.3 Å². The van der Waals surface area contributed by atoms with E-state index in [1.165, 1.54) is 5.56 Å². The van der Waals surface area contributed by atoms with E-state index in [9.17, 15) is 4.79 Å². The van der Waals surface area contributed by atoms with Gasteiger partial charge in [-0.2, -0.15) is 0 Å². The Bertz CT molecular complexity index is 208. The van der Waals surface area contributed by atoms with Gasteiger partial charge in [0.15, 0.2) is 0 Å². The predicted octanol–water partition coefficient (Wildman–Crippen LogP) is 0.775. The number of carbonyl (C=O) groups excluding carboxylic acids is 1. The highest BCUT2D eigenvalue weighted by Gasteiger charge is 1.88. The number of hydrogen-bond donors (Lipinski definition) is 1. The van der Waals surface area contributed by atoms with Crippen molar-refractivity contribution < 1.29 is 4.79 Å².